The number of halogens is 2. The summed E-state index contributed by atoms with van der Waals surface area (Å²) in [5, 5.41) is 4.51. The van der Waals surface area contributed by atoms with Gasteiger partial charge in [0, 0.05) is 12.6 Å². The van der Waals surface area contributed by atoms with Gasteiger partial charge in [0.15, 0.2) is 5.58 Å². The SMILES string of the molecule is COC(=O)c1c(Cn2c(=O)oc3cc(F)c(Br)cc32)nn2c1CCCC2. The quantitative estimate of drug-likeness (QED) is 0.605. The third kappa shape index (κ3) is 2.66. The van der Waals surface area contributed by atoms with Crippen molar-refractivity contribution < 1.29 is 18.3 Å². The Kier molecular flexibility index (Phi) is 4.18. The van der Waals surface area contributed by atoms with Gasteiger partial charge in [0.1, 0.15) is 11.4 Å². The molecule has 0 fully saturated rings. The van der Waals surface area contributed by atoms with Crippen molar-refractivity contribution in [2.75, 3.05) is 7.11 Å². The third-order valence-electron chi connectivity index (χ3n) is 4.57. The molecule has 26 heavy (non-hydrogen) atoms. The number of fused-ring (bicyclic) bond motifs is 2. The lowest BCUT2D eigenvalue weighted by molar-refractivity contribution is 0.0597. The number of aromatic nitrogens is 3. The van der Waals surface area contributed by atoms with Crippen molar-refractivity contribution in [1.82, 2.24) is 14.3 Å². The first-order chi connectivity index (χ1) is 12.5. The second-order valence-electron chi connectivity index (χ2n) is 6.13. The Hall–Kier alpha value is -2.42. The summed E-state index contributed by atoms with van der Waals surface area (Å²) in [5.74, 6) is -1.64. The molecule has 7 nitrogen and oxygen atoms in total. The van der Waals surface area contributed by atoms with Gasteiger partial charge in [0.25, 0.3) is 0 Å². The summed E-state index contributed by atoms with van der Waals surface area (Å²) in [6.07, 6.45) is 2.68. The molecule has 1 aliphatic heterocycles. The van der Waals surface area contributed by atoms with Crippen LogP contribution in [0, 0.1) is 5.82 Å². The highest BCUT2D eigenvalue weighted by Crippen LogP contribution is 2.26. The number of rotatable bonds is 3. The van der Waals surface area contributed by atoms with Gasteiger partial charge in [-0.2, -0.15) is 5.10 Å². The van der Waals surface area contributed by atoms with Crippen LogP contribution in [0.2, 0.25) is 0 Å². The van der Waals surface area contributed by atoms with E-state index in [4.69, 9.17) is 9.15 Å². The van der Waals surface area contributed by atoms with Crippen LogP contribution in [0.15, 0.2) is 25.8 Å². The molecule has 9 heteroatoms. The van der Waals surface area contributed by atoms with Crippen LogP contribution in [0.5, 0.6) is 0 Å². The van der Waals surface area contributed by atoms with Gasteiger partial charge in [-0.3, -0.25) is 9.25 Å². The molecule has 0 aliphatic carbocycles. The number of esters is 1. The number of ether oxygens (including phenoxy) is 1. The van der Waals surface area contributed by atoms with Crippen LogP contribution in [0.1, 0.15) is 34.6 Å². The molecule has 0 bridgehead atoms. The highest BCUT2D eigenvalue weighted by Gasteiger charge is 2.27. The fraction of sp³-hybridized carbons (Fsp3) is 0.353. The van der Waals surface area contributed by atoms with E-state index in [1.807, 2.05) is 0 Å². The first-order valence-electron chi connectivity index (χ1n) is 8.15. The van der Waals surface area contributed by atoms with E-state index in [0.29, 0.717) is 16.8 Å². The Morgan fingerprint density at radius 1 is 1.42 bits per heavy atom. The van der Waals surface area contributed by atoms with Crippen LogP contribution in [-0.2, 0) is 24.2 Å². The number of nitrogens with zero attached hydrogens (tertiary/aromatic N) is 3. The van der Waals surface area contributed by atoms with Crippen LogP contribution in [0.4, 0.5) is 4.39 Å². The van der Waals surface area contributed by atoms with Crippen molar-refractivity contribution in [3.63, 3.8) is 0 Å². The third-order valence-corrected chi connectivity index (χ3v) is 5.18. The summed E-state index contributed by atoms with van der Waals surface area (Å²) in [4.78, 5) is 24.6. The number of carbonyl (C=O) groups is 1. The lowest BCUT2D eigenvalue weighted by atomic mass is 10.0. The number of aryl methyl sites for hydroxylation is 1. The van der Waals surface area contributed by atoms with Gasteiger partial charge in [-0.1, -0.05) is 0 Å². The minimum Gasteiger partial charge on any atom is -0.465 e. The molecule has 1 aliphatic rings. The second kappa shape index (κ2) is 6.39. The topological polar surface area (TPSA) is 79.3 Å². The van der Waals surface area contributed by atoms with Crippen molar-refractivity contribution in [3.05, 3.63) is 49.9 Å². The van der Waals surface area contributed by atoms with Crippen molar-refractivity contribution in [2.24, 2.45) is 0 Å². The largest absolute Gasteiger partial charge is 0.465 e. The lowest BCUT2D eigenvalue weighted by Gasteiger charge is -2.13. The zero-order valence-electron chi connectivity index (χ0n) is 13.9. The number of hydrogen-bond acceptors (Lipinski definition) is 5. The minimum atomic E-state index is -0.640. The van der Waals surface area contributed by atoms with Gasteiger partial charge in [-0.05, 0) is 41.3 Å². The summed E-state index contributed by atoms with van der Waals surface area (Å²) in [6, 6.07) is 2.63. The van der Waals surface area contributed by atoms with Crippen LogP contribution >= 0.6 is 15.9 Å². The summed E-state index contributed by atoms with van der Waals surface area (Å²) >= 11 is 3.11. The van der Waals surface area contributed by atoms with E-state index in [1.165, 1.54) is 17.7 Å². The van der Waals surface area contributed by atoms with Gasteiger partial charge in [0.2, 0.25) is 0 Å². The Bertz CT molecular complexity index is 1080. The van der Waals surface area contributed by atoms with Gasteiger partial charge in [0.05, 0.1) is 35.0 Å². The standard InChI is InChI=1S/C17H15BrFN3O4/c1-25-16(23)15-11(20-22-5-3-2-4-12(15)22)8-21-13-6-9(18)10(19)7-14(13)26-17(21)24/h6-7H,2-5,8H2,1H3. The molecule has 0 amide bonds. The summed E-state index contributed by atoms with van der Waals surface area (Å²) in [7, 11) is 1.32. The molecule has 136 valence electrons. The number of benzene rings is 1. The zero-order chi connectivity index (χ0) is 18.4. The molecule has 0 spiro atoms. The lowest BCUT2D eigenvalue weighted by Crippen LogP contribution is -2.17. The summed E-state index contributed by atoms with van der Waals surface area (Å²) in [6.45, 7) is 0.755. The highest BCUT2D eigenvalue weighted by atomic mass is 79.9. The number of hydrogen-bond donors (Lipinski definition) is 0. The summed E-state index contributed by atoms with van der Waals surface area (Å²) < 4.78 is 27.1. The molecule has 0 saturated carbocycles. The Morgan fingerprint density at radius 3 is 3.00 bits per heavy atom. The van der Waals surface area contributed by atoms with E-state index in [9.17, 15) is 14.0 Å². The Balaban J connectivity index is 1.86. The van der Waals surface area contributed by atoms with Gasteiger partial charge >= 0.3 is 11.7 Å². The maximum Gasteiger partial charge on any atom is 0.420 e. The van der Waals surface area contributed by atoms with E-state index in [1.54, 1.807) is 4.68 Å². The Labute approximate surface area is 155 Å². The second-order valence-corrected chi connectivity index (χ2v) is 6.98. The number of oxazole rings is 1. The van der Waals surface area contributed by atoms with Crippen molar-refractivity contribution >= 4 is 33.0 Å². The van der Waals surface area contributed by atoms with E-state index in [2.05, 4.69) is 21.0 Å². The normalized spacial score (nSPS) is 13.8. The van der Waals surface area contributed by atoms with Crippen molar-refractivity contribution in [3.8, 4) is 0 Å². The molecule has 0 N–H and O–H groups in total. The first kappa shape index (κ1) is 17.0. The maximum atomic E-state index is 13.7. The van der Waals surface area contributed by atoms with Gasteiger partial charge in [-0.25, -0.2) is 14.0 Å². The number of carbonyl (C=O) groups excluding carboxylic acids is 1. The number of methoxy groups -OCH3 is 1. The average Bonchev–Trinajstić information content (AvgIpc) is 3.13. The van der Waals surface area contributed by atoms with E-state index in [-0.39, 0.29) is 16.6 Å². The zero-order valence-corrected chi connectivity index (χ0v) is 15.5. The van der Waals surface area contributed by atoms with Gasteiger partial charge in [-0.15, -0.1) is 0 Å². The van der Waals surface area contributed by atoms with E-state index >= 15 is 0 Å². The molecule has 0 radical (unpaired) electrons. The predicted octanol–water partition coefficient (Wildman–Crippen LogP) is 2.86. The Morgan fingerprint density at radius 2 is 2.23 bits per heavy atom. The van der Waals surface area contributed by atoms with Crippen molar-refractivity contribution in [2.45, 2.75) is 32.4 Å². The van der Waals surface area contributed by atoms with E-state index in [0.717, 1.165) is 37.6 Å². The highest BCUT2D eigenvalue weighted by molar-refractivity contribution is 9.10. The molecule has 1 aromatic carbocycles. The average molecular weight is 424 g/mol. The molecule has 0 saturated heterocycles. The minimum absolute atomic E-state index is 0.0361. The van der Waals surface area contributed by atoms with Crippen LogP contribution < -0.4 is 5.76 Å². The van der Waals surface area contributed by atoms with Crippen LogP contribution in [-0.4, -0.2) is 27.4 Å². The molecular formula is C17H15BrFN3O4. The maximum absolute atomic E-state index is 13.7. The molecule has 3 heterocycles. The molecule has 0 unspecified atom stereocenters. The fourth-order valence-electron chi connectivity index (χ4n) is 3.35. The smallest absolute Gasteiger partial charge is 0.420 e. The molecule has 4 rings (SSSR count). The summed E-state index contributed by atoms with van der Waals surface area (Å²) in [5.41, 5.74) is 2.23. The van der Waals surface area contributed by atoms with E-state index < -0.39 is 17.5 Å². The fourth-order valence-corrected chi connectivity index (χ4v) is 3.68. The van der Waals surface area contributed by atoms with Crippen molar-refractivity contribution in [1.29, 1.82) is 0 Å². The van der Waals surface area contributed by atoms with Crippen LogP contribution in [0.25, 0.3) is 11.1 Å². The van der Waals surface area contributed by atoms with Gasteiger partial charge < -0.3 is 9.15 Å². The monoisotopic (exact) mass is 423 g/mol. The molecule has 3 aromatic rings. The van der Waals surface area contributed by atoms with Crippen LogP contribution in [0.3, 0.4) is 0 Å². The molecule has 2 aromatic heterocycles. The predicted molar refractivity (Wildman–Crippen MR) is 93.7 cm³/mol. The molecule has 0 atom stereocenters. The first-order valence-corrected chi connectivity index (χ1v) is 8.94. The molecular weight excluding hydrogens is 409 g/mol.